The molecule has 2 heterocycles. The van der Waals surface area contributed by atoms with Gasteiger partial charge in [0, 0.05) is 31.0 Å². The summed E-state index contributed by atoms with van der Waals surface area (Å²) in [5.74, 6) is -0.190. The summed E-state index contributed by atoms with van der Waals surface area (Å²) in [4.78, 5) is 18.8. The zero-order valence-electron chi connectivity index (χ0n) is 13.7. The average molecular weight is 325 g/mol. The Morgan fingerprint density at radius 1 is 1.29 bits per heavy atom. The van der Waals surface area contributed by atoms with Gasteiger partial charge in [0.1, 0.15) is 5.52 Å². The van der Waals surface area contributed by atoms with Crippen LogP contribution in [-0.2, 0) is 12.8 Å². The van der Waals surface area contributed by atoms with Crippen molar-refractivity contribution in [2.75, 3.05) is 24.3 Å². The number of hydrogen-bond acceptors (Lipinski definition) is 5. The van der Waals surface area contributed by atoms with Crippen LogP contribution in [0, 0.1) is 0 Å². The quantitative estimate of drug-likeness (QED) is 0.773. The second-order valence-electron chi connectivity index (χ2n) is 6.26. The van der Waals surface area contributed by atoms with Crippen LogP contribution in [0.3, 0.4) is 0 Å². The molecule has 0 atom stereocenters. The number of carbonyl (C=O) groups excluding carboxylic acids is 1. The van der Waals surface area contributed by atoms with E-state index in [2.05, 4.69) is 20.5 Å². The molecule has 24 heavy (non-hydrogen) atoms. The molecule has 0 fully saturated rings. The van der Waals surface area contributed by atoms with Crippen LogP contribution < -0.4 is 10.2 Å². The molecule has 0 radical (unpaired) electrons. The largest absolute Gasteiger partial charge is 0.423 e. The molecule has 1 aromatic carbocycles. The van der Waals surface area contributed by atoms with E-state index < -0.39 is 0 Å². The maximum Gasteiger partial charge on any atom is 0.297 e. The number of amides is 1. The first-order chi connectivity index (χ1) is 11.6. The first-order valence-electron chi connectivity index (χ1n) is 8.07. The number of rotatable bonds is 3. The van der Waals surface area contributed by atoms with Gasteiger partial charge in [-0.15, -0.1) is 0 Å². The Bertz CT molecular complexity index is 909. The van der Waals surface area contributed by atoms with E-state index in [9.17, 15) is 4.79 Å². The van der Waals surface area contributed by atoms with E-state index in [0.29, 0.717) is 28.5 Å². The van der Waals surface area contributed by atoms with Crippen molar-refractivity contribution in [3.05, 3.63) is 35.2 Å². The molecule has 1 aliphatic carbocycles. The minimum Gasteiger partial charge on any atom is -0.423 e. The number of nitrogens with one attached hydrogen (secondary N) is 2. The fourth-order valence-electron chi connectivity index (χ4n) is 3.04. The normalized spacial score (nSPS) is 13.8. The molecule has 0 saturated heterocycles. The predicted molar refractivity (Wildman–Crippen MR) is 91.5 cm³/mol. The number of aromatic nitrogens is 3. The zero-order valence-corrected chi connectivity index (χ0v) is 13.7. The third-order valence-electron chi connectivity index (χ3n) is 4.29. The number of nitrogens with zero attached hydrogens (tertiary/aromatic N) is 3. The fourth-order valence-corrected chi connectivity index (χ4v) is 3.04. The Morgan fingerprint density at radius 2 is 2.12 bits per heavy atom. The summed E-state index contributed by atoms with van der Waals surface area (Å²) in [6.07, 6.45) is 4.12. The van der Waals surface area contributed by atoms with E-state index in [0.717, 1.165) is 36.9 Å². The number of aromatic amines is 1. The van der Waals surface area contributed by atoms with Gasteiger partial charge < -0.3 is 14.6 Å². The number of benzene rings is 1. The maximum absolute atomic E-state index is 12.6. The monoisotopic (exact) mass is 325 g/mol. The summed E-state index contributed by atoms with van der Waals surface area (Å²) in [6, 6.07) is 5.97. The molecule has 0 aliphatic heterocycles. The average Bonchev–Trinajstić information content (AvgIpc) is 3.18. The van der Waals surface area contributed by atoms with Crippen LogP contribution in [0.15, 0.2) is 22.6 Å². The number of oxazole rings is 1. The van der Waals surface area contributed by atoms with Gasteiger partial charge >= 0.3 is 0 Å². The van der Waals surface area contributed by atoms with E-state index in [1.54, 1.807) is 4.90 Å². The Hall–Kier alpha value is -2.83. The third-order valence-corrected chi connectivity index (χ3v) is 4.29. The van der Waals surface area contributed by atoms with E-state index in [-0.39, 0.29) is 5.91 Å². The van der Waals surface area contributed by atoms with Crippen molar-refractivity contribution in [1.29, 1.82) is 0 Å². The van der Waals surface area contributed by atoms with E-state index >= 15 is 0 Å². The van der Waals surface area contributed by atoms with Crippen molar-refractivity contribution in [3.8, 4) is 0 Å². The lowest BCUT2D eigenvalue weighted by Crippen LogP contribution is -2.15. The number of fused-ring (bicyclic) bond motifs is 2. The van der Waals surface area contributed by atoms with Crippen molar-refractivity contribution in [2.24, 2.45) is 0 Å². The second-order valence-corrected chi connectivity index (χ2v) is 6.26. The minimum atomic E-state index is -0.190. The molecule has 0 saturated carbocycles. The summed E-state index contributed by atoms with van der Waals surface area (Å²) in [5.41, 5.74) is 4.72. The van der Waals surface area contributed by atoms with Crippen LogP contribution in [0.5, 0.6) is 0 Å². The van der Waals surface area contributed by atoms with Gasteiger partial charge in [-0.1, -0.05) is 0 Å². The molecule has 2 N–H and O–H groups in total. The molecule has 0 bridgehead atoms. The van der Waals surface area contributed by atoms with Gasteiger partial charge in [-0.25, -0.2) is 0 Å². The smallest absolute Gasteiger partial charge is 0.297 e. The predicted octanol–water partition coefficient (Wildman–Crippen LogP) is 2.75. The van der Waals surface area contributed by atoms with Crippen LogP contribution >= 0.6 is 0 Å². The first kappa shape index (κ1) is 14.7. The van der Waals surface area contributed by atoms with Crippen LogP contribution in [-0.4, -0.2) is 35.2 Å². The highest BCUT2D eigenvalue weighted by Gasteiger charge is 2.22. The van der Waals surface area contributed by atoms with Crippen LogP contribution in [0.1, 0.15) is 34.6 Å². The first-order valence-corrected chi connectivity index (χ1v) is 8.07. The van der Waals surface area contributed by atoms with E-state index in [1.807, 2.05) is 32.3 Å². The van der Waals surface area contributed by atoms with Crippen LogP contribution in [0.2, 0.25) is 0 Å². The molecule has 0 unspecified atom stereocenters. The lowest BCUT2D eigenvalue weighted by atomic mass is 9.96. The van der Waals surface area contributed by atoms with Gasteiger partial charge in [-0.3, -0.25) is 9.89 Å². The number of anilines is 2. The number of H-pyrrole nitrogens is 1. The number of aryl methyl sites for hydroxylation is 1. The standard InChI is InChI=1S/C17H19N5O2/c1-22(2)17-19-13-9-10(7-8-14(13)24-17)18-16(23)15-11-5-3-4-6-12(11)20-21-15/h7-9H,3-6H2,1-2H3,(H,18,23)(H,20,21). The molecular formula is C17H19N5O2. The van der Waals surface area contributed by atoms with Gasteiger partial charge in [0.15, 0.2) is 11.3 Å². The van der Waals surface area contributed by atoms with Gasteiger partial charge in [0.25, 0.3) is 11.9 Å². The molecule has 4 rings (SSSR count). The number of carbonyl (C=O) groups is 1. The van der Waals surface area contributed by atoms with Gasteiger partial charge in [0.05, 0.1) is 0 Å². The lowest BCUT2D eigenvalue weighted by molar-refractivity contribution is 0.102. The number of hydrogen-bond donors (Lipinski definition) is 2. The Labute approximate surface area is 139 Å². The molecule has 7 nitrogen and oxygen atoms in total. The van der Waals surface area contributed by atoms with Crippen molar-refractivity contribution in [2.45, 2.75) is 25.7 Å². The van der Waals surface area contributed by atoms with Crippen molar-refractivity contribution in [1.82, 2.24) is 15.2 Å². The van der Waals surface area contributed by atoms with E-state index in [1.165, 1.54) is 0 Å². The molecule has 124 valence electrons. The molecule has 3 aromatic rings. The summed E-state index contributed by atoms with van der Waals surface area (Å²) < 4.78 is 5.62. The second kappa shape index (κ2) is 5.67. The molecule has 7 heteroatoms. The van der Waals surface area contributed by atoms with Crippen LogP contribution in [0.25, 0.3) is 11.1 Å². The summed E-state index contributed by atoms with van der Waals surface area (Å²) in [7, 11) is 3.74. The maximum atomic E-state index is 12.6. The fraction of sp³-hybridized carbons (Fsp3) is 0.353. The van der Waals surface area contributed by atoms with Crippen molar-refractivity contribution < 1.29 is 9.21 Å². The molecule has 2 aromatic heterocycles. The molecule has 0 spiro atoms. The summed E-state index contributed by atoms with van der Waals surface area (Å²) in [6.45, 7) is 0. The molecule has 1 aliphatic rings. The molecule has 1 amide bonds. The topological polar surface area (TPSA) is 87.0 Å². The summed E-state index contributed by atoms with van der Waals surface area (Å²) in [5, 5.41) is 10.1. The highest BCUT2D eigenvalue weighted by atomic mass is 16.4. The molecular weight excluding hydrogens is 306 g/mol. The lowest BCUT2D eigenvalue weighted by Gasteiger charge is -2.11. The van der Waals surface area contributed by atoms with Gasteiger partial charge in [-0.05, 0) is 43.9 Å². The SMILES string of the molecule is CN(C)c1nc2cc(NC(=O)c3n[nH]c4c3CCCC4)ccc2o1. The van der Waals surface area contributed by atoms with Crippen LogP contribution in [0.4, 0.5) is 11.7 Å². The Kier molecular flexibility index (Phi) is 3.48. The Balaban J connectivity index is 1.59. The Morgan fingerprint density at radius 3 is 2.96 bits per heavy atom. The van der Waals surface area contributed by atoms with E-state index in [4.69, 9.17) is 4.42 Å². The van der Waals surface area contributed by atoms with Gasteiger partial charge in [0.2, 0.25) is 0 Å². The third kappa shape index (κ3) is 2.51. The van der Waals surface area contributed by atoms with Crippen molar-refractivity contribution in [3.63, 3.8) is 0 Å². The minimum absolute atomic E-state index is 0.190. The highest BCUT2D eigenvalue weighted by Crippen LogP contribution is 2.25. The van der Waals surface area contributed by atoms with Gasteiger partial charge in [-0.2, -0.15) is 10.1 Å². The highest BCUT2D eigenvalue weighted by molar-refractivity contribution is 6.04. The zero-order chi connectivity index (χ0) is 16.7. The van der Waals surface area contributed by atoms with Crippen molar-refractivity contribution >= 4 is 28.7 Å². The summed E-state index contributed by atoms with van der Waals surface area (Å²) >= 11 is 0.